The predicted molar refractivity (Wildman–Crippen MR) is 224 cm³/mol. The molecule has 5 fully saturated rings. The lowest BCUT2D eigenvalue weighted by atomic mass is 9.88. The van der Waals surface area contributed by atoms with Crippen molar-refractivity contribution in [1.82, 2.24) is 40.1 Å². The van der Waals surface area contributed by atoms with E-state index in [0.717, 1.165) is 81.8 Å². The SMILES string of the molecule is CN1CCN([C@@H]2CCCN(c3nnc(C(N)=O)c(Nc4ccc(C5CCN(CC6CCN(c7ccc8c(c7)C(=O)N(C7CCC(=O)NC7=O)C8=O)CC6)CC5)c(F)c4)n3)C2)C1=O. The number of carbonyl (C=O) groups excluding carboxylic acids is 6. The number of halogens is 1. The number of benzene rings is 2. The van der Waals surface area contributed by atoms with Gasteiger partial charge in [0.1, 0.15) is 11.9 Å². The summed E-state index contributed by atoms with van der Waals surface area (Å²) < 4.78 is 15.8. The lowest BCUT2D eigenvalue weighted by Gasteiger charge is -2.38. The molecule has 19 heteroatoms. The highest BCUT2D eigenvalue weighted by atomic mass is 19.1. The van der Waals surface area contributed by atoms with Crippen LogP contribution in [-0.2, 0) is 9.59 Å². The van der Waals surface area contributed by atoms with Crippen molar-refractivity contribution in [2.75, 3.05) is 81.1 Å². The molecule has 4 N–H and O–H groups in total. The molecular formula is C43H51FN12O6. The quantitative estimate of drug-likeness (QED) is 0.251. The summed E-state index contributed by atoms with van der Waals surface area (Å²) in [6.45, 7) is 6.79. The molecule has 2 atom stereocenters. The van der Waals surface area contributed by atoms with Crippen LogP contribution in [-0.4, -0.2) is 148 Å². The van der Waals surface area contributed by atoms with Crippen LogP contribution in [0.3, 0.4) is 0 Å². The molecule has 0 aliphatic carbocycles. The first kappa shape index (κ1) is 41.1. The lowest BCUT2D eigenvalue weighted by Crippen LogP contribution is -2.54. The number of primary amides is 1. The minimum absolute atomic E-state index is 0.00109. The maximum atomic E-state index is 15.8. The van der Waals surface area contributed by atoms with Gasteiger partial charge in [0, 0.05) is 70.7 Å². The van der Waals surface area contributed by atoms with Gasteiger partial charge in [0.15, 0.2) is 11.5 Å². The normalized spacial score (nSPS) is 23.1. The van der Waals surface area contributed by atoms with Crippen LogP contribution in [0.1, 0.15) is 94.1 Å². The van der Waals surface area contributed by atoms with Gasteiger partial charge in [-0.1, -0.05) is 6.07 Å². The Hall–Kier alpha value is -6.24. The number of nitrogens with zero attached hydrogens (tertiary/aromatic N) is 9. The van der Waals surface area contributed by atoms with E-state index in [1.54, 1.807) is 36.2 Å². The van der Waals surface area contributed by atoms with Gasteiger partial charge in [0.25, 0.3) is 17.7 Å². The highest BCUT2D eigenvalue weighted by Gasteiger charge is 2.45. The summed E-state index contributed by atoms with van der Waals surface area (Å²) >= 11 is 0. The average molecular weight is 851 g/mol. The van der Waals surface area contributed by atoms with Crippen molar-refractivity contribution in [3.63, 3.8) is 0 Å². The standard InChI is InChI=1S/C43H51FN12O6/c1-51-19-20-55(43(51)62)29-3-2-14-54(24-29)42-48-38(36(37(45)58)49-50-42)46-27-4-6-30(33(44)21-27)26-12-15-52(16-13-26)23-25-10-17-53(18-11-25)28-5-7-31-32(22-28)41(61)56(40(31)60)34-8-9-35(57)47-39(34)59/h4-7,21-22,25-26,29,34H,2-3,8-20,23-24H2,1H3,(H2,45,58)(H,46,48,50)(H,47,57,59)/t29-,34?/m1/s1. The smallest absolute Gasteiger partial charge is 0.320 e. The zero-order valence-electron chi connectivity index (χ0n) is 34.7. The van der Waals surface area contributed by atoms with Crippen molar-refractivity contribution in [3.8, 4) is 0 Å². The van der Waals surface area contributed by atoms with Crippen molar-refractivity contribution < 1.29 is 33.2 Å². The van der Waals surface area contributed by atoms with E-state index in [-0.39, 0.29) is 59.3 Å². The Labute approximate surface area is 357 Å². The third kappa shape index (κ3) is 8.00. The van der Waals surface area contributed by atoms with Crippen LogP contribution in [0.25, 0.3) is 0 Å². The van der Waals surface area contributed by atoms with E-state index < -0.39 is 35.6 Å². The Balaban J connectivity index is 0.768. The summed E-state index contributed by atoms with van der Waals surface area (Å²) in [7, 11) is 1.80. The molecule has 18 nitrogen and oxygen atoms in total. The first-order valence-corrected chi connectivity index (χ1v) is 21.6. The molecule has 0 spiro atoms. The molecule has 2 aromatic carbocycles. The molecule has 7 heterocycles. The van der Waals surface area contributed by atoms with Gasteiger partial charge in [-0.05, 0) is 106 Å². The molecule has 1 aromatic heterocycles. The molecular weight excluding hydrogens is 800 g/mol. The van der Waals surface area contributed by atoms with Gasteiger partial charge in [-0.2, -0.15) is 4.98 Å². The number of amides is 7. The van der Waals surface area contributed by atoms with Crippen LogP contribution in [0.4, 0.5) is 32.3 Å². The number of carbonyl (C=O) groups is 6. The highest BCUT2D eigenvalue weighted by Crippen LogP contribution is 2.35. The molecule has 0 saturated carbocycles. The second kappa shape index (κ2) is 16.9. The topological polar surface area (TPSA) is 211 Å². The predicted octanol–water partition coefficient (Wildman–Crippen LogP) is 2.69. The number of rotatable bonds is 10. The second-order valence-electron chi connectivity index (χ2n) is 17.4. The fraction of sp³-hybridized carbons (Fsp3) is 0.512. The van der Waals surface area contributed by atoms with Crippen LogP contribution in [0.15, 0.2) is 36.4 Å². The fourth-order valence-electron chi connectivity index (χ4n) is 10.00. The van der Waals surface area contributed by atoms with Crippen LogP contribution in [0, 0.1) is 11.7 Å². The number of hydrogen-bond acceptors (Lipinski definition) is 13. The summed E-state index contributed by atoms with van der Waals surface area (Å²) in [5.74, 6) is -2.27. The molecule has 62 heavy (non-hydrogen) atoms. The molecule has 5 saturated heterocycles. The third-order valence-corrected chi connectivity index (χ3v) is 13.5. The number of aromatic nitrogens is 3. The van der Waals surface area contributed by atoms with Crippen LogP contribution in [0.5, 0.6) is 0 Å². The molecule has 326 valence electrons. The van der Waals surface area contributed by atoms with E-state index in [9.17, 15) is 28.8 Å². The Morgan fingerprint density at radius 1 is 0.855 bits per heavy atom. The molecule has 3 aromatic rings. The number of fused-ring (bicyclic) bond motifs is 1. The first-order chi connectivity index (χ1) is 29.9. The number of anilines is 4. The zero-order chi connectivity index (χ0) is 43.2. The van der Waals surface area contributed by atoms with E-state index in [2.05, 4.69) is 35.6 Å². The molecule has 6 aliphatic rings. The van der Waals surface area contributed by atoms with E-state index in [0.29, 0.717) is 49.3 Å². The highest BCUT2D eigenvalue weighted by molar-refractivity contribution is 6.23. The van der Waals surface area contributed by atoms with Gasteiger partial charge >= 0.3 is 6.03 Å². The van der Waals surface area contributed by atoms with Gasteiger partial charge in [-0.3, -0.25) is 34.2 Å². The monoisotopic (exact) mass is 850 g/mol. The van der Waals surface area contributed by atoms with E-state index in [1.165, 1.54) is 6.07 Å². The Morgan fingerprint density at radius 2 is 1.63 bits per heavy atom. The van der Waals surface area contributed by atoms with E-state index >= 15 is 4.39 Å². The Bertz CT molecular complexity index is 2310. The molecule has 9 rings (SSSR count). The number of nitrogens with two attached hydrogens (primary N) is 1. The Morgan fingerprint density at radius 3 is 2.34 bits per heavy atom. The number of urea groups is 1. The Kier molecular flexibility index (Phi) is 11.2. The lowest BCUT2D eigenvalue weighted by molar-refractivity contribution is -0.136. The molecule has 1 unspecified atom stereocenters. The summed E-state index contributed by atoms with van der Waals surface area (Å²) in [4.78, 5) is 91.4. The van der Waals surface area contributed by atoms with Gasteiger partial charge in [-0.15, -0.1) is 10.2 Å². The molecule has 0 bridgehead atoms. The molecule has 0 radical (unpaired) electrons. The van der Waals surface area contributed by atoms with Crippen molar-refractivity contribution in [1.29, 1.82) is 0 Å². The fourth-order valence-corrected chi connectivity index (χ4v) is 10.00. The van der Waals surface area contributed by atoms with E-state index in [1.807, 2.05) is 15.9 Å². The van der Waals surface area contributed by atoms with Crippen molar-refractivity contribution >= 4 is 58.7 Å². The number of hydrogen-bond donors (Lipinski definition) is 3. The summed E-state index contributed by atoms with van der Waals surface area (Å²) in [6.07, 6.45) is 5.46. The number of likely N-dealkylation sites (N-methyl/N-ethyl adjacent to an activating group) is 1. The van der Waals surface area contributed by atoms with Crippen molar-refractivity contribution in [2.24, 2.45) is 11.7 Å². The molecule has 7 amide bonds. The number of likely N-dealkylation sites (tertiary alicyclic amines) is 1. The average Bonchev–Trinajstić information content (AvgIpc) is 3.73. The minimum Gasteiger partial charge on any atom is -0.371 e. The number of imide groups is 2. The third-order valence-electron chi connectivity index (χ3n) is 13.5. The van der Waals surface area contributed by atoms with Gasteiger partial charge < -0.3 is 35.6 Å². The number of piperidine rings is 4. The van der Waals surface area contributed by atoms with Crippen molar-refractivity contribution in [2.45, 2.75) is 69.4 Å². The van der Waals surface area contributed by atoms with E-state index in [4.69, 9.17) is 5.73 Å². The van der Waals surface area contributed by atoms with Gasteiger partial charge in [0.05, 0.1) is 17.2 Å². The first-order valence-electron chi connectivity index (χ1n) is 21.6. The largest absolute Gasteiger partial charge is 0.371 e. The second-order valence-corrected chi connectivity index (χ2v) is 17.4. The maximum absolute atomic E-state index is 15.8. The van der Waals surface area contributed by atoms with Gasteiger partial charge in [0.2, 0.25) is 17.8 Å². The van der Waals surface area contributed by atoms with Gasteiger partial charge in [-0.25, -0.2) is 9.18 Å². The van der Waals surface area contributed by atoms with Crippen LogP contribution < -0.4 is 26.2 Å². The molecule has 6 aliphatic heterocycles. The minimum atomic E-state index is -0.994. The van der Waals surface area contributed by atoms with Crippen LogP contribution in [0.2, 0.25) is 0 Å². The summed E-state index contributed by atoms with van der Waals surface area (Å²) in [5.41, 5.74) is 7.95. The van der Waals surface area contributed by atoms with Crippen LogP contribution >= 0.6 is 0 Å². The summed E-state index contributed by atoms with van der Waals surface area (Å²) in [5, 5.41) is 13.6. The maximum Gasteiger partial charge on any atom is 0.320 e. The van der Waals surface area contributed by atoms with Crippen molar-refractivity contribution in [3.05, 3.63) is 64.6 Å². The summed E-state index contributed by atoms with van der Waals surface area (Å²) in [6, 6.07) is 9.27. The zero-order valence-corrected chi connectivity index (χ0v) is 34.7. The number of nitrogens with one attached hydrogen (secondary N) is 2.